The number of nitro benzene ring substituents is 1. The van der Waals surface area contributed by atoms with Gasteiger partial charge in [-0.15, -0.1) is 0 Å². The van der Waals surface area contributed by atoms with Crippen LogP contribution < -0.4 is 5.43 Å². The van der Waals surface area contributed by atoms with E-state index in [1.807, 2.05) is 0 Å². The molecule has 0 aliphatic heterocycles. The number of phenols is 1. The average molecular weight is 439 g/mol. The normalized spacial score (nSPS) is 11.7. The fraction of sp³-hybridized carbons (Fsp3) is 0.0714. The number of phenolic OH excluding ortho intramolecular Hbond substituents is 1. The van der Waals surface area contributed by atoms with Crippen LogP contribution in [0.15, 0.2) is 39.9 Å². The van der Waals surface area contributed by atoms with Gasteiger partial charge < -0.3 is 5.11 Å². The number of benzene rings is 2. The second-order valence-corrected chi connectivity index (χ2v) is 5.95. The molecule has 0 aromatic heterocycles. The number of nitrogens with one attached hydrogen (secondary N) is 1. The molecule has 0 aliphatic carbocycles. The van der Waals surface area contributed by atoms with Crippen molar-refractivity contribution < 1.29 is 23.2 Å². The number of nitrogens with zero attached hydrogens (tertiary/aromatic N) is 2. The second-order valence-electron chi connectivity index (χ2n) is 4.69. The van der Waals surface area contributed by atoms with Gasteiger partial charge in [-0.2, -0.15) is 18.3 Å². The molecule has 0 radical (unpaired) electrons. The van der Waals surface area contributed by atoms with Gasteiger partial charge >= 0.3 is 6.18 Å². The Morgan fingerprint density at radius 3 is 2.56 bits per heavy atom. The highest BCUT2D eigenvalue weighted by atomic mass is 79.9. The smallest absolute Gasteiger partial charge is 0.416 e. The van der Waals surface area contributed by atoms with E-state index in [9.17, 15) is 28.4 Å². The Labute approximate surface area is 152 Å². The maximum atomic E-state index is 12.6. The van der Waals surface area contributed by atoms with Crippen LogP contribution in [-0.2, 0) is 6.18 Å². The van der Waals surface area contributed by atoms with Crippen LogP contribution in [0, 0.1) is 10.1 Å². The fourth-order valence-electron chi connectivity index (χ4n) is 1.79. The molecular weight excluding hydrogens is 431 g/mol. The van der Waals surface area contributed by atoms with E-state index in [0.717, 1.165) is 6.07 Å². The van der Waals surface area contributed by atoms with Gasteiger partial charge in [-0.25, -0.2) is 0 Å². The summed E-state index contributed by atoms with van der Waals surface area (Å²) >= 11 is 8.86. The molecule has 0 saturated carbocycles. The third-order valence-electron chi connectivity index (χ3n) is 2.96. The molecule has 0 bridgehead atoms. The van der Waals surface area contributed by atoms with E-state index in [2.05, 4.69) is 26.5 Å². The fourth-order valence-corrected chi connectivity index (χ4v) is 2.61. The highest BCUT2D eigenvalue weighted by molar-refractivity contribution is 9.10. The summed E-state index contributed by atoms with van der Waals surface area (Å²) in [6, 6.07) is 4.91. The number of hydrogen-bond donors (Lipinski definition) is 2. The topological polar surface area (TPSA) is 87.8 Å². The molecule has 6 nitrogen and oxygen atoms in total. The third-order valence-corrected chi connectivity index (χ3v) is 3.85. The van der Waals surface area contributed by atoms with Gasteiger partial charge in [-0.05, 0) is 45.8 Å². The van der Waals surface area contributed by atoms with Crippen LogP contribution in [0.2, 0.25) is 5.02 Å². The summed E-state index contributed by atoms with van der Waals surface area (Å²) in [4.78, 5) is 10.0. The molecule has 2 aromatic rings. The highest BCUT2D eigenvalue weighted by Gasteiger charge is 2.33. The van der Waals surface area contributed by atoms with Crippen LogP contribution in [0.5, 0.6) is 5.75 Å². The number of anilines is 1. The van der Waals surface area contributed by atoms with Crippen LogP contribution >= 0.6 is 27.5 Å². The van der Waals surface area contributed by atoms with Crippen molar-refractivity contribution in [3.05, 3.63) is 61.1 Å². The number of hydrazone groups is 1. The first kappa shape index (κ1) is 19.0. The van der Waals surface area contributed by atoms with Gasteiger partial charge in [0.25, 0.3) is 5.69 Å². The largest absolute Gasteiger partial charge is 0.505 e. The van der Waals surface area contributed by atoms with E-state index >= 15 is 0 Å². The van der Waals surface area contributed by atoms with Crippen molar-refractivity contribution in [2.75, 3.05) is 5.43 Å². The van der Waals surface area contributed by atoms with Crippen LogP contribution in [0.25, 0.3) is 0 Å². The van der Waals surface area contributed by atoms with Gasteiger partial charge in [0.05, 0.1) is 26.2 Å². The molecule has 0 aliphatic rings. The minimum Gasteiger partial charge on any atom is -0.505 e. The van der Waals surface area contributed by atoms with Crippen molar-refractivity contribution in [3.63, 3.8) is 0 Å². The lowest BCUT2D eigenvalue weighted by molar-refractivity contribution is -0.384. The van der Waals surface area contributed by atoms with Crippen molar-refractivity contribution in [3.8, 4) is 5.75 Å². The van der Waals surface area contributed by atoms with E-state index in [4.69, 9.17) is 11.6 Å². The second kappa shape index (κ2) is 7.28. The Kier molecular flexibility index (Phi) is 5.53. The van der Waals surface area contributed by atoms with Crippen LogP contribution in [0.3, 0.4) is 0 Å². The minimum absolute atomic E-state index is 0.0522. The SMILES string of the molecule is O=[N+]([O-])c1cc(C(F)(F)F)ccc1N/N=C/c1cc(Cl)c(O)c(Br)c1. The summed E-state index contributed by atoms with van der Waals surface area (Å²) in [5.41, 5.74) is 0.643. The third kappa shape index (κ3) is 4.60. The number of nitro groups is 1. The minimum atomic E-state index is -4.69. The van der Waals surface area contributed by atoms with Crippen molar-refractivity contribution in [2.24, 2.45) is 5.10 Å². The summed E-state index contributed by atoms with van der Waals surface area (Å²) in [7, 11) is 0. The first-order valence-electron chi connectivity index (χ1n) is 6.42. The Balaban J connectivity index is 2.27. The van der Waals surface area contributed by atoms with Crippen LogP contribution in [0.4, 0.5) is 24.5 Å². The number of hydrogen-bond acceptors (Lipinski definition) is 5. The molecule has 0 unspecified atom stereocenters. The quantitative estimate of drug-likeness (QED) is 0.391. The molecule has 0 amide bonds. The zero-order valence-electron chi connectivity index (χ0n) is 12.0. The Morgan fingerprint density at radius 2 is 2.00 bits per heavy atom. The number of aromatic hydroxyl groups is 1. The predicted molar refractivity (Wildman–Crippen MR) is 90.1 cm³/mol. The highest BCUT2D eigenvalue weighted by Crippen LogP contribution is 2.35. The summed E-state index contributed by atoms with van der Waals surface area (Å²) in [6.45, 7) is 0. The first-order valence-corrected chi connectivity index (χ1v) is 7.59. The van der Waals surface area contributed by atoms with E-state index in [1.54, 1.807) is 0 Å². The van der Waals surface area contributed by atoms with Crippen molar-refractivity contribution in [1.29, 1.82) is 0 Å². The number of rotatable bonds is 4. The van der Waals surface area contributed by atoms with E-state index in [0.29, 0.717) is 22.2 Å². The lowest BCUT2D eigenvalue weighted by Gasteiger charge is -2.08. The average Bonchev–Trinajstić information content (AvgIpc) is 2.51. The zero-order valence-corrected chi connectivity index (χ0v) is 14.4. The maximum absolute atomic E-state index is 12.6. The standard InChI is InChI=1S/C14H8BrClF3N3O3/c15-9-3-7(4-10(16)13(9)23)6-20-21-11-2-1-8(14(17,18)19)5-12(11)22(24)25/h1-6,21,23H/b20-6+. The summed E-state index contributed by atoms with van der Waals surface area (Å²) in [6.07, 6.45) is -3.46. The molecule has 2 rings (SSSR count). The molecule has 2 aromatic carbocycles. The van der Waals surface area contributed by atoms with Crippen molar-refractivity contribution in [1.82, 2.24) is 0 Å². The summed E-state index contributed by atoms with van der Waals surface area (Å²) < 4.78 is 38.2. The first-order chi connectivity index (χ1) is 11.6. The Morgan fingerprint density at radius 1 is 1.32 bits per heavy atom. The van der Waals surface area contributed by atoms with Crippen molar-refractivity contribution >= 4 is 45.1 Å². The lowest BCUT2D eigenvalue weighted by Crippen LogP contribution is -2.06. The Bertz CT molecular complexity index is 836. The number of halogens is 5. The molecule has 2 N–H and O–H groups in total. The van der Waals surface area contributed by atoms with E-state index < -0.39 is 22.4 Å². The van der Waals surface area contributed by atoms with E-state index in [-0.39, 0.29) is 16.5 Å². The molecule has 132 valence electrons. The zero-order chi connectivity index (χ0) is 18.8. The molecule has 0 heterocycles. The predicted octanol–water partition coefficient (Wildman–Crippen LogP) is 5.18. The van der Waals surface area contributed by atoms with Gasteiger partial charge in [0.2, 0.25) is 0 Å². The molecule has 25 heavy (non-hydrogen) atoms. The van der Waals surface area contributed by atoms with Crippen LogP contribution in [-0.4, -0.2) is 16.2 Å². The van der Waals surface area contributed by atoms with Gasteiger partial charge in [-0.3, -0.25) is 15.5 Å². The van der Waals surface area contributed by atoms with Crippen LogP contribution in [0.1, 0.15) is 11.1 Å². The monoisotopic (exact) mass is 437 g/mol. The van der Waals surface area contributed by atoms with Gasteiger partial charge in [0.15, 0.2) is 0 Å². The van der Waals surface area contributed by atoms with Gasteiger partial charge in [-0.1, -0.05) is 11.6 Å². The lowest BCUT2D eigenvalue weighted by atomic mass is 10.1. The molecule has 0 spiro atoms. The molecular formula is C14H8BrClF3N3O3. The number of alkyl halides is 3. The summed E-state index contributed by atoms with van der Waals surface area (Å²) in [5.74, 6) is -0.162. The van der Waals surface area contributed by atoms with E-state index in [1.165, 1.54) is 18.3 Å². The maximum Gasteiger partial charge on any atom is 0.416 e. The molecule has 0 atom stereocenters. The van der Waals surface area contributed by atoms with Gasteiger partial charge in [0.1, 0.15) is 11.4 Å². The summed E-state index contributed by atoms with van der Waals surface area (Å²) in [5, 5.41) is 24.3. The molecule has 0 saturated heterocycles. The van der Waals surface area contributed by atoms with Gasteiger partial charge in [0, 0.05) is 6.07 Å². The van der Waals surface area contributed by atoms with Crippen molar-refractivity contribution in [2.45, 2.75) is 6.18 Å². The molecule has 0 fully saturated rings. The Hall–Kier alpha value is -2.33. The molecule has 11 heteroatoms.